The minimum Gasteiger partial charge on any atom is -0.103 e. The molecule has 0 aliphatic carbocycles. The normalized spacial score (nSPS) is 9.00. The van der Waals surface area contributed by atoms with Crippen LogP contribution in [-0.4, -0.2) is 0 Å². The summed E-state index contributed by atoms with van der Waals surface area (Å²) in [6.07, 6.45) is 5.60. The summed E-state index contributed by atoms with van der Waals surface area (Å²) in [6, 6.07) is 0. The molecule has 0 unspecified atom stereocenters. The van der Waals surface area contributed by atoms with E-state index in [-0.39, 0.29) is 0 Å². The average molecular weight is 124 g/mol. The summed E-state index contributed by atoms with van der Waals surface area (Å²) < 4.78 is 0. The summed E-state index contributed by atoms with van der Waals surface area (Å²) in [5.41, 5.74) is 1.23. The van der Waals surface area contributed by atoms with Crippen LogP contribution in [0, 0.1) is 0 Å². The van der Waals surface area contributed by atoms with Gasteiger partial charge in [0.15, 0.2) is 0 Å². The molecule has 0 saturated heterocycles. The number of hydrogen-bond donors (Lipinski definition) is 0. The van der Waals surface area contributed by atoms with Crippen molar-refractivity contribution in [3.63, 3.8) is 0 Å². The Morgan fingerprint density at radius 2 is 1.56 bits per heavy atom. The lowest BCUT2D eigenvalue weighted by molar-refractivity contribution is 1.49. The molecule has 0 N–H and O–H groups in total. The van der Waals surface area contributed by atoms with E-state index in [1.165, 1.54) is 5.57 Å². The zero-order valence-electron chi connectivity index (χ0n) is 6.65. The maximum atomic E-state index is 3.56. The van der Waals surface area contributed by atoms with Gasteiger partial charge in [-0.3, -0.25) is 0 Å². The lowest BCUT2D eigenvalue weighted by Gasteiger charge is -1.78. The standard InChI is InChI=1S/C6H10.C3H6/c1-4-6(3)5-2;1-3-2/h4-5H,1H2,2-3H3;3H,1H2,2H3/b6-5-;. The van der Waals surface area contributed by atoms with Crippen molar-refractivity contribution in [1.29, 1.82) is 0 Å². The van der Waals surface area contributed by atoms with Crippen molar-refractivity contribution in [3.05, 3.63) is 37.0 Å². The molecular weight excluding hydrogens is 108 g/mol. The van der Waals surface area contributed by atoms with Gasteiger partial charge in [-0.05, 0) is 20.8 Å². The van der Waals surface area contributed by atoms with Crippen LogP contribution < -0.4 is 0 Å². The average Bonchev–Trinajstić information content (AvgIpc) is 1.88. The Hall–Kier alpha value is -0.780. The third-order valence-electron chi connectivity index (χ3n) is 0.777. The minimum atomic E-state index is 1.23. The fourth-order valence-corrected chi connectivity index (χ4v) is 0.118. The Balaban J connectivity index is 0. The Labute approximate surface area is 58.6 Å². The molecule has 0 aromatic rings. The largest absolute Gasteiger partial charge is 0.103 e. The van der Waals surface area contributed by atoms with Crippen molar-refractivity contribution in [2.24, 2.45) is 0 Å². The topological polar surface area (TPSA) is 0 Å². The fraction of sp³-hybridized carbons (Fsp3) is 0.333. The van der Waals surface area contributed by atoms with Gasteiger partial charge in [0.1, 0.15) is 0 Å². The molecule has 0 fully saturated rings. The van der Waals surface area contributed by atoms with E-state index in [2.05, 4.69) is 13.2 Å². The van der Waals surface area contributed by atoms with Gasteiger partial charge in [0.25, 0.3) is 0 Å². The highest BCUT2D eigenvalue weighted by Crippen LogP contribution is 1.88. The molecular formula is C9H16. The maximum Gasteiger partial charge on any atom is -0.0401 e. The molecule has 9 heavy (non-hydrogen) atoms. The van der Waals surface area contributed by atoms with Gasteiger partial charge in [0.05, 0.1) is 0 Å². The molecule has 0 radical (unpaired) electrons. The van der Waals surface area contributed by atoms with E-state index < -0.39 is 0 Å². The van der Waals surface area contributed by atoms with Gasteiger partial charge in [-0.2, -0.15) is 0 Å². The van der Waals surface area contributed by atoms with Crippen LogP contribution in [0.1, 0.15) is 20.8 Å². The zero-order chi connectivity index (χ0) is 7.70. The summed E-state index contributed by atoms with van der Waals surface area (Å²) in [6.45, 7) is 12.8. The maximum absolute atomic E-state index is 3.56. The first kappa shape index (κ1) is 11.1. The Kier molecular flexibility index (Phi) is 12.6. The Bertz CT molecular complexity index is 96.6. The molecule has 52 valence electrons. The van der Waals surface area contributed by atoms with Crippen LogP contribution in [0.25, 0.3) is 0 Å². The molecule has 0 atom stereocenters. The van der Waals surface area contributed by atoms with Gasteiger partial charge >= 0.3 is 0 Å². The molecule has 0 spiro atoms. The van der Waals surface area contributed by atoms with Crippen LogP contribution in [0.4, 0.5) is 0 Å². The molecule has 0 aliphatic rings. The number of rotatable bonds is 1. The number of hydrogen-bond acceptors (Lipinski definition) is 0. The van der Waals surface area contributed by atoms with E-state index in [0.717, 1.165) is 0 Å². The predicted molar refractivity (Wildman–Crippen MR) is 45.5 cm³/mol. The van der Waals surface area contributed by atoms with E-state index in [1.54, 1.807) is 6.08 Å². The minimum absolute atomic E-state index is 1.23. The van der Waals surface area contributed by atoms with Crippen molar-refractivity contribution < 1.29 is 0 Å². The van der Waals surface area contributed by atoms with Crippen LogP contribution in [0.5, 0.6) is 0 Å². The van der Waals surface area contributed by atoms with Gasteiger partial charge in [0.2, 0.25) is 0 Å². The van der Waals surface area contributed by atoms with Crippen LogP contribution >= 0.6 is 0 Å². The highest BCUT2D eigenvalue weighted by molar-refractivity contribution is 5.10. The Morgan fingerprint density at radius 3 is 1.56 bits per heavy atom. The fourth-order valence-electron chi connectivity index (χ4n) is 0.118. The van der Waals surface area contributed by atoms with E-state index >= 15 is 0 Å². The first-order valence-electron chi connectivity index (χ1n) is 3.05. The predicted octanol–water partition coefficient (Wildman–Crippen LogP) is 3.33. The molecule has 0 nitrogen and oxygen atoms in total. The molecule has 0 aromatic heterocycles. The van der Waals surface area contributed by atoms with Crippen molar-refractivity contribution >= 4 is 0 Å². The van der Waals surface area contributed by atoms with E-state index in [0.29, 0.717) is 0 Å². The van der Waals surface area contributed by atoms with Gasteiger partial charge in [0, 0.05) is 0 Å². The van der Waals surface area contributed by atoms with Crippen molar-refractivity contribution in [2.75, 3.05) is 0 Å². The van der Waals surface area contributed by atoms with Crippen molar-refractivity contribution in [3.8, 4) is 0 Å². The highest BCUT2D eigenvalue weighted by atomic mass is 13.7. The summed E-state index contributed by atoms with van der Waals surface area (Å²) in [7, 11) is 0. The third-order valence-corrected chi connectivity index (χ3v) is 0.777. The molecule has 0 rings (SSSR count). The number of allylic oxidation sites excluding steroid dienone is 4. The lowest BCUT2D eigenvalue weighted by Crippen LogP contribution is -1.57. The van der Waals surface area contributed by atoms with E-state index in [9.17, 15) is 0 Å². The van der Waals surface area contributed by atoms with Gasteiger partial charge in [-0.15, -0.1) is 6.58 Å². The molecule has 0 aromatic carbocycles. The van der Waals surface area contributed by atoms with Crippen molar-refractivity contribution in [1.82, 2.24) is 0 Å². The zero-order valence-corrected chi connectivity index (χ0v) is 6.65. The van der Waals surface area contributed by atoms with E-state index in [1.807, 2.05) is 32.9 Å². The molecule has 0 saturated carbocycles. The van der Waals surface area contributed by atoms with Crippen LogP contribution in [-0.2, 0) is 0 Å². The second-order valence-corrected chi connectivity index (χ2v) is 1.65. The van der Waals surface area contributed by atoms with Gasteiger partial charge in [-0.1, -0.05) is 30.4 Å². The SMILES string of the molecule is C=C/C(C)=C\C.C=CC. The lowest BCUT2D eigenvalue weighted by atomic mass is 10.3. The summed E-state index contributed by atoms with van der Waals surface area (Å²) in [4.78, 5) is 0. The summed E-state index contributed by atoms with van der Waals surface area (Å²) in [5, 5.41) is 0. The van der Waals surface area contributed by atoms with E-state index in [4.69, 9.17) is 0 Å². The van der Waals surface area contributed by atoms with Crippen LogP contribution in [0.15, 0.2) is 37.0 Å². The summed E-state index contributed by atoms with van der Waals surface area (Å²) in [5.74, 6) is 0. The molecule has 0 heterocycles. The molecule has 0 amide bonds. The third kappa shape index (κ3) is 19.0. The quantitative estimate of drug-likeness (QED) is 0.371. The first-order valence-corrected chi connectivity index (χ1v) is 3.05. The van der Waals surface area contributed by atoms with Crippen molar-refractivity contribution in [2.45, 2.75) is 20.8 Å². The van der Waals surface area contributed by atoms with Crippen LogP contribution in [0.3, 0.4) is 0 Å². The molecule has 0 heteroatoms. The molecule has 0 aliphatic heterocycles. The van der Waals surface area contributed by atoms with Gasteiger partial charge in [-0.25, -0.2) is 0 Å². The highest BCUT2D eigenvalue weighted by Gasteiger charge is 1.66. The van der Waals surface area contributed by atoms with Crippen LogP contribution in [0.2, 0.25) is 0 Å². The molecule has 0 bridgehead atoms. The summed E-state index contributed by atoms with van der Waals surface area (Å²) >= 11 is 0. The second-order valence-electron chi connectivity index (χ2n) is 1.65. The first-order chi connectivity index (χ1) is 4.22. The Morgan fingerprint density at radius 1 is 1.22 bits per heavy atom. The second kappa shape index (κ2) is 10.3. The van der Waals surface area contributed by atoms with Gasteiger partial charge < -0.3 is 0 Å². The smallest absolute Gasteiger partial charge is 0.0401 e. The monoisotopic (exact) mass is 124 g/mol.